The average Bonchev–Trinajstić information content (AvgIpc) is 3.96. The second-order valence-electron chi connectivity index (χ2n) is 15.4. The molecule has 358 valence electrons. The van der Waals surface area contributed by atoms with E-state index in [9.17, 15) is 44.1 Å². The zero-order valence-electron chi connectivity index (χ0n) is 37.9. The molecule has 0 fully saturated rings. The summed E-state index contributed by atoms with van der Waals surface area (Å²) >= 11 is 0. The molecular formula is C41H50N12O14. The molecular weight excluding hydrogens is 885 g/mol. The molecule has 0 saturated carbocycles. The predicted molar refractivity (Wildman–Crippen MR) is 230 cm³/mol. The van der Waals surface area contributed by atoms with Crippen molar-refractivity contribution in [3.8, 4) is 23.0 Å². The maximum atomic E-state index is 13.7. The Hall–Kier alpha value is -7.42. The Labute approximate surface area is 379 Å². The van der Waals surface area contributed by atoms with Gasteiger partial charge in [0.1, 0.15) is 24.9 Å². The maximum Gasteiger partial charge on any atom is 0.303 e. The highest BCUT2D eigenvalue weighted by Gasteiger charge is 2.39. The number of H-pyrrole nitrogens is 1. The van der Waals surface area contributed by atoms with E-state index in [-0.39, 0.29) is 36.1 Å². The number of hydrogen-bond acceptors (Lipinski definition) is 22. The third-order valence-electron chi connectivity index (χ3n) is 10.2. The van der Waals surface area contributed by atoms with Gasteiger partial charge in [-0.25, -0.2) is 9.97 Å². The predicted octanol–water partition coefficient (Wildman–Crippen LogP) is -1.17. The molecule has 4 aromatic heterocycles. The van der Waals surface area contributed by atoms with E-state index in [4.69, 9.17) is 24.1 Å². The van der Waals surface area contributed by atoms with Crippen molar-refractivity contribution in [2.45, 2.75) is 105 Å². The maximum absolute atomic E-state index is 13.7. The Morgan fingerprint density at radius 2 is 1.18 bits per heavy atom. The summed E-state index contributed by atoms with van der Waals surface area (Å²) in [7, 11) is 1.56. The monoisotopic (exact) mass is 934 g/mol. The number of tetrazole rings is 2. The Balaban J connectivity index is 0.000000264. The molecule has 6 atom stereocenters. The van der Waals surface area contributed by atoms with Crippen LogP contribution in [0.1, 0.15) is 49.9 Å². The molecule has 26 nitrogen and oxygen atoms in total. The second-order valence-corrected chi connectivity index (χ2v) is 15.4. The van der Waals surface area contributed by atoms with E-state index in [1.165, 1.54) is 13.9 Å². The van der Waals surface area contributed by atoms with Gasteiger partial charge in [0.25, 0.3) is 11.1 Å². The zero-order chi connectivity index (χ0) is 49.4. The van der Waals surface area contributed by atoms with Gasteiger partial charge < -0.3 is 48.5 Å². The van der Waals surface area contributed by atoms with Crippen molar-refractivity contribution in [3.63, 3.8) is 0 Å². The number of aromatic amines is 1. The molecule has 6 aromatic rings. The molecule has 0 aliphatic rings. The Bertz CT molecular complexity index is 2900. The lowest BCUT2D eigenvalue weighted by Crippen LogP contribution is -2.50. The van der Waals surface area contributed by atoms with E-state index >= 15 is 0 Å². The average molecular weight is 935 g/mol. The van der Waals surface area contributed by atoms with Crippen LogP contribution < -0.4 is 11.1 Å². The number of nitrogens with zero attached hydrogens (tertiary/aromatic N) is 11. The van der Waals surface area contributed by atoms with Gasteiger partial charge in [0.2, 0.25) is 11.6 Å². The summed E-state index contributed by atoms with van der Waals surface area (Å²) in [6, 6.07) is 7.05. The first-order chi connectivity index (χ1) is 31.6. The van der Waals surface area contributed by atoms with E-state index in [0.717, 1.165) is 49.9 Å². The molecule has 0 aliphatic carbocycles. The number of carbonyl (C=O) groups excluding carboxylic acids is 4. The summed E-state index contributed by atoms with van der Waals surface area (Å²) in [4.78, 5) is 84.3. The molecule has 2 aromatic carbocycles. The van der Waals surface area contributed by atoms with Crippen molar-refractivity contribution in [2.24, 2.45) is 7.05 Å². The number of aliphatic hydroxyl groups excluding tert-OH is 4. The SMILES string of the molecule is CC(=O)OC[C@@H](OC(C)=O)[C@@H](OC(C)=O)[C@H](Cn1c(=O)c(-c2nn[nH]n2)nc2cc(C)c(C)cc21)OC(C)=O.Cc1cc2nc(-c3nnn(C)n3)c(=O)n(C[C@H](O)[C@H](O)[C@H](O)CO)c2cc1C. The summed E-state index contributed by atoms with van der Waals surface area (Å²) in [6.45, 7) is 10.0. The van der Waals surface area contributed by atoms with Crippen molar-refractivity contribution < 1.29 is 58.6 Å². The van der Waals surface area contributed by atoms with Crippen LogP contribution in [0.15, 0.2) is 33.9 Å². The number of aromatic nitrogens is 12. The Kier molecular flexibility index (Phi) is 16.4. The molecule has 26 heteroatoms. The van der Waals surface area contributed by atoms with Crippen LogP contribution in [0.5, 0.6) is 0 Å². The van der Waals surface area contributed by atoms with Crippen molar-refractivity contribution in [3.05, 3.63) is 67.2 Å². The van der Waals surface area contributed by atoms with Gasteiger partial charge in [0.15, 0.2) is 29.7 Å². The molecule has 0 amide bonds. The quantitative estimate of drug-likeness (QED) is 0.0564. The number of aliphatic hydroxyl groups is 4. The number of hydrogen-bond donors (Lipinski definition) is 5. The topological polar surface area (TPSA) is 354 Å². The summed E-state index contributed by atoms with van der Waals surface area (Å²) < 4.78 is 23.7. The van der Waals surface area contributed by atoms with Crippen LogP contribution in [0.3, 0.4) is 0 Å². The number of ether oxygens (including phenoxy) is 4. The fourth-order valence-electron chi connectivity index (χ4n) is 6.74. The third kappa shape index (κ3) is 12.3. The van der Waals surface area contributed by atoms with Gasteiger partial charge in [-0.2, -0.15) is 10.0 Å². The van der Waals surface area contributed by atoms with E-state index in [0.29, 0.717) is 22.1 Å². The largest absolute Gasteiger partial charge is 0.462 e. The molecule has 0 aliphatic heterocycles. The van der Waals surface area contributed by atoms with E-state index in [2.05, 4.69) is 46.0 Å². The first-order valence-corrected chi connectivity index (χ1v) is 20.4. The molecule has 0 bridgehead atoms. The summed E-state index contributed by atoms with van der Waals surface area (Å²) in [6.07, 6.45) is -8.90. The number of aryl methyl sites for hydroxylation is 5. The van der Waals surface area contributed by atoms with Crippen LogP contribution in [-0.2, 0) is 58.3 Å². The first-order valence-electron chi connectivity index (χ1n) is 20.4. The smallest absolute Gasteiger partial charge is 0.303 e. The van der Waals surface area contributed by atoms with Gasteiger partial charge in [-0.05, 0) is 84.6 Å². The minimum absolute atomic E-state index is 0.0341. The molecule has 0 saturated heterocycles. The minimum atomic E-state index is -1.63. The lowest BCUT2D eigenvalue weighted by atomic mass is 10.1. The highest BCUT2D eigenvalue weighted by Crippen LogP contribution is 2.24. The third-order valence-corrected chi connectivity index (χ3v) is 10.2. The standard InChI is InChI=1S/C24H28N6O9.C17H22N6O5/c1-11-7-17-18(8-12(11)2)30(24(35)21(25-17)23-26-28-29-27-23)9-19(37-14(4)32)22(39-16(6)34)20(38-15(5)33)10-36-13(3)31;1-8-4-10-11(5-9(8)2)23(6-12(25)15(27)13(26)7-24)17(28)14(18-10)16-19-21-22(3)20-16/h7-8,19-20,22H,9-10H2,1-6H3,(H,26,27,28,29);4-5,12-13,15,24-27H,6-7H2,1-3H3/t19-,20+,22-;12-,13+,15-/m00/s1. The van der Waals surface area contributed by atoms with Crippen LogP contribution in [0.25, 0.3) is 45.1 Å². The van der Waals surface area contributed by atoms with Crippen LogP contribution in [0.4, 0.5) is 0 Å². The van der Waals surface area contributed by atoms with Crippen LogP contribution >= 0.6 is 0 Å². The second kappa shape index (κ2) is 21.7. The molecule has 6 rings (SSSR count). The Morgan fingerprint density at radius 1 is 0.672 bits per heavy atom. The van der Waals surface area contributed by atoms with Gasteiger partial charge in [0.05, 0.1) is 48.8 Å². The number of benzene rings is 2. The van der Waals surface area contributed by atoms with Gasteiger partial charge in [-0.1, -0.05) is 0 Å². The van der Waals surface area contributed by atoms with E-state index < -0.39 is 84.8 Å². The van der Waals surface area contributed by atoms with E-state index in [1.54, 1.807) is 31.3 Å². The number of rotatable bonds is 16. The fourth-order valence-corrected chi connectivity index (χ4v) is 6.74. The molecule has 5 N–H and O–H groups in total. The summed E-state index contributed by atoms with van der Waals surface area (Å²) in [5, 5.41) is 63.9. The van der Waals surface area contributed by atoms with Gasteiger partial charge >= 0.3 is 23.9 Å². The lowest BCUT2D eigenvalue weighted by molar-refractivity contribution is -0.190. The van der Waals surface area contributed by atoms with Crippen molar-refractivity contribution in [2.75, 3.05) is 13.2 Å². The van der Waals surface area contributed by atoms with Gasteiger partial charge in [0, 0.05) is 27.7 Å². The lowest BCUT2D eigenvalue weighted by Gasteiger charge is -2.32. The highest BCUT2D eigenvalue weighted by molar-refractivity contribution is 5.80. The zero-order valence-corrected chi connectivity index (χ0v) is 37.9. The normalized spacial score (nSPS) is 14.0. The van der Waals surface area contributed by atoms with Crippen LogP contribution in [0, 0.1) is 27.7 Å². The number of carbonyl (C=O) groups is 4. The van der Waals surface area contributed by atoms with Crippen molar-refractivity contribution in [1.29, 1.82) is 0 Å². The number of esters is 4. The van der Waals surface area contributed by atoms with E-state index in [1.807, 2.05) is 27.7 Å². The van der Waals surface area contributed by atoms with Gasteiger partial charge in [-0.3, -0.25) is 28.8 Å². The van der Waals surface area contributed by atoms with Gasteiger partial charge in [-0.15, -0.1) is 20.4 Å². The molecule has 0 unspecified atom stereocenters. The molecule has 4 heterocycles. The van der Waals surface area contributed by atoms with Crippen molar-refractivity contribution >= 4 is 45.9 Å². The minimum Gasteiger partial charge on any atom is -0.462 e. The van der Waals surface area contributed by atoms with Crippen LogP contribution in [0.2, 0.25) is 0 Å². The molecule has 67 heavy (non-hydrogen) atoms. The Morgan fingerprint density at radius 3 is 1.64 bits per heavy atom. The highest BCUT2D eigenvalue weighted by atomic mass is 16.6. The summed E-state index contributed by atoms with van der Waals surface area (Å²) in [5.41, 5.74) is 3.90. The number of fused-ring (bicyclic) bond motifs is 2. The fraction of sp³-hybridized carbons (Fsp3) is 0.463. The number of nitrogens with one attached hydrogen (secondary N) is 1. The molecule has 0 radical (unpaired) electrons. The van der Waals surface area contributed by atoms with Crippen molar-refractivity contribution in [1.82, 2.24) is 59.9 Å². The van der Waals surface area contributed by atoms with Crippen LogP contribution in [-0.4, -0.2) is 154 Å². The summed E-state index contributed by atoms with van der Waals surface area (Å²) in [5.74, 6) is -3.08. The first kappa shape index (κ1) is 50.6. The molecule has 0 spiro atoms.